The van der Waals surface area contributed by atoms with Gasteiger partial charge in [0.05, 0.1) is 29.2 Å². The van der Waals surface area contributed by atoms with Gasteiger partial charge in [-0.1, -0.05) is 0 Å². The SMILES string of the molecule is Cc1cc(F)ccc1-c1ccc(N)c(CC(=O)N2Cc3cnc(CN4CC(F)C4)cc3C2)n1. The van der Waals surface area contributed by atoms with Crippen molar-refractivity contribution in [3.8, 4) is 11.3 Å². The molecule has 1 aromatic carbocycles. The maximum atomic E-state index is 13.5. The van der Waals surface area contributed by atoms with E-state index in [0.717, 1.165) is 27.9 Å². The predicted octanol–water partition coefficient (Wildman–Crippen LogP) is 3.41. The van der Waals surface area contributed by atoms with Crippen LogP contribution in [-0.2, 0) is 30.8 Å². The van der Waals surface area contributed by atoms with Crippen molar-refractivity contribution in [2.45, 2.75) is 39.2 Å². The highest BCUT2D eigenvalue weighted by molar-refractivity contribution is 5.81. The first-order valence-corrected chi connectivity index (χ1v) is 11.0. The Bertz CT molecular complexity index is 1230. The number of amides is 1. The highest BCUT2D eigenvalue weighted by Gasteiger charge is 2.28. The number of alkyl halides is 1. The van der Waals surface area contributed by atoms with Crippen molar-refractivity contribution in [3.63, 3.8) is 0 Å². The molecule has 3 aromatic rings. The molecule has 170 valence electrons. The van der Waals surface area contributed by atoms with Crippen molar-refractivity contribution in [3.05, 3.63) is 76.5 Å². The first kappa shape index (κ1) is 21.5. The van der Waals surface area contributed by atoms with Crippen LogP contribution >= 0.6 is 0 Å². The van der Waals surface area contributed by atoms with Crippen molar-refractivity contribution < 1.29 is 13.6 Å². The van der Waals surface area contributed by atoms with Gasteiger partial charge in [0.1, 0.15) is 12.0 Å². The lowest BCUT2D eigenvalue weighted by molar-refractivity contribution is -0.131. The van der Waals surface area contributed by atoms with E-state index < -0.39 is 6.17 Å². The number of carbonyl (C=O) groups is 1. The van der Waals surface area contributed by atoms with Crippen molar-refractivity contribution in [2.24, 2.45) is 0 Å². The van der Waals surface area contributed by atoms with Gasteiger partial charge in [0.15, 0.2) is 0 Å². The molecule has 0 radical (unpaired) electrons. The van der Waals surface area contributed by atoms with Crippen molar-refractivity contribution >= 4 is 11.6 Å². The Morgan fingerprint density at radius 2 is 1.94 bits per heavy atom. The molecule has 6 nitrogen and oxygen atoms in total. The van der Waals surface area contributed by atoms with Crippen LogP contribution in [0.25, 0.3) is 11.3 Å². The van der Waals surface area contributed by atoms with Crippen LogP contribution in [-0.4, -0.2) is 44.9 Å². The smallest absolute Gasteiger partial charge is 0.229 e. The van der Waals surface area contributed by atoms with Gasteiger partial charge < -0.3 is 10.6 Å². The Morgan fingerprint density at radius 3 is 2.70 bits per heavy atom. The molecule has 0 unspecified atom stereocenters. The number of likely N-dealkylation sites (tertiary alicyclic amines) is 1. The van der Waals surface area contributed by atoms with Gasteiger partial charge in [-0.05, 0) is 60.0 Å². The summed E-state index contributed by atoms with van der Waals surface area (Å²) in [7, 11) is 0. The molecule has 0 bridgehead atoms. The van der Waals surface area contributed by atoms with Gasteiger partial charge in [0, 0.05) is 44.5 Å². The summed E-state index contributed by atoms with van der Waals surface area (Å²) in [5.74, 6) is -0.368. The molecule has 2 aromatic heterocycles. The van der Waals surface area contributed by atoms with Gasteiger partial charge in [0.25, 0.3) is 0 Å². The second-order valence-corrected chi connectivity index (χ2v) is 8.85. The van der Waals surface area contributed by atoms with E-state index in [1.54, 1.807) is 23.1 Å². The average Bonchev–Trinajstić information content (AvgIpc) is 3.18. The number of halogens is 2. The zero-order valence-electron chi connectivity index (χ0n) is 18.4. The summed E-state index contributed by atoms with van der Waals surface area (Å²) in [6.45, 7) is 4.35. The summed E-state index contributed by atoms with van der Waals surface area (Å²) >= 11 is 0. The number of anilines is 1. The molecule has 1 fully saturated rings. The Balaban J connectivity index is 1.28. The number of nitrogens with zero attached hydrogens (tertiary/aromatic N) is 4. The van der Waals surface area contributed by atoms with Gasteiger partial charge >= 0.3 is 0 Å². The molecule has 0 saturated carbocycles. The van der Waals surface area contributed by atoms with E-state index in [9.17, 15) is 13.6 Å². The van der Waals surface area contributed by atoms with Crippen LogP contribution in [0.4, 0.5) is 14.5 Å². The van der Waals surface area contributed by atoms with E-state index in [0.29, 0.717) is 49.8 Å². The van der Waals surface area contributed by atoms with Crippen LogP contribution in [0.1, 0.15) is 28.1 Å². The molecule has 1 saturated heterocycles. The van der Waals surface area contributed by atoms with Crippen molar-refractivity contribution in [2.75, 3.05) is 18.8 Å². The largest absolute Gasteiger partial charge is 0.397 e. The quantitative estimate of drug-likeness (QED) is 0.646. The summed E-state index contributed by atoms with van der Waals surface area (Å²) in [6.07, 6.45) is 1.16. The molecule has 2 N–H and O–H groups in total. The van der Waals surface area contributed by atoms with Crippen molar-refractivity contribution in [1.29, 1.82) is 0 Å². The lowest BCUT2D eigenvalue weighted by atomic mass is 10.0. The molecule has 0 aliphatic carbocycles. The molecule has 0 atom stereocenters. The van der Waals surface area contributed by atoms with Gasteiger partial charge in [-0.25, -0.2) is 8.78 Å². The first-order chi connectivity index (χ1) is 15.9. The number of rotatable bonds is 5. The number of hydrogen-bond donors (Lipinski definition) is 1. The third kappa shape index (κ3) is 4.43. The maximum absolute atomic E-state index is 13.5. The molecule has 5 rings (SSSR count). The van der Waals surface area contributed by atoms with E-state index in [1.165, 1.54) is 12.1 Å². The van der Waals surface area contributed by atoms with Crippen LogP contribution in [0.3, 0.4) is 0 Å². The number of carbonyl (C=O) groups excluding carboxylic acids is 1. The Hall–Kier alpha value is -3.39. The summed E-state index contributed by atoms with van der Waals surface area (Å²) in [4.78, 5) is 26.0. The van der Waals surface area contributed by atoms with E-state index in [4.69, 9.17) is 5.73 Å². The molecule has 4 heterocycles. The van der Waals surface area contributed by atoms with Crippen LogP contribution in [0.5, 0.6) is 0 Å². The standard InChI is InChI=1S/C25H25F2N5O/c1-15-6-18(26)2-3-21(15)23-5-4-22(28)24(30-23)8-25(33)32-10-16-7-20(29-9-17(16)11-32)14-31-12-19(27)13-31/h2-7,9,19H,8,10-14,28H2,1H3. The number of hydrogen-bond acceptors (Lipinski definition) is 5. The fraction of sp³-hybridized carbons (Fsp3) is 0.320. The number of aromatic nitrogens is 2. The minimum absolute atomic E-state index is 0.0667. The molecule has 2 aliphatic heterocycles. The van der Waals surface area contributed by atoms with E-state index in [2.05, 4.69) is 9.97 Å². The normalized spacial score (nSPS) is 16.0. The number of nitrogen functional groups attached to an aromatic ring is 1. The monoisotopic (exact) mass is 449 g/mol. The minimum atomic E-state index is -0.737. The highest BCUT2D eigenvalue weighted by Crippen LogP contribution is 2.27. The number of nitrogens with two attached hydrogens (primary N) is 1. The highest BCUT2D eigenvalue weighted by atomic mass is 19.1. The number of benzene rings is 1. The number of pyridine rings is 2. The second kappa shape index (κ2) is 8.51. The summed E-state index contributed by atoms with van der Waals surface area (Å²) < 4.78 is 26.5. The Morgan fingerprint density at radius 1 is 1.15 bits per heavy atom. The third-order valence-corrected chi connectivity index (χ3v) is 6.31. The lowest BCUT2D eigenvalue weighted by Crippen LogP contribution is -2.47. The average molecular weight is 450 g/mol. The van der Waals surface area contributed by atoms with E-state index in [1.807, 2.05) is 24.1 Å². The first-order valence-electron chi connectivity index (χ1n) is 11.0. The summed E-state index contributed by atoms with van der Waals surface area (Å²) in [6, 6.07) is 10.1. The van der Waals surface area contributed by atoms with Crippen LogP contribution in [0, 0.1) is 12.7 Å². The Labute approximate surface area is 191 Å². The maximum Gasteiger partial charge on any atom is 0.229 e. The summed E-state index contributed by atoms with van der Waals surface area (Å²) in [5.41, 5.74) is 12.3. The van der Waals surface area contributed by atoms with Crippen LogP contribution in [0.15, 0.2) is 42.6 Å². The van der Waals surface area contributed by atoms with Gasteiger partial charge in [-0.3, -0.25) is 19.7 Å². The minimum Gasteiger partial charge on any atom is -0.397 e. The summed E-state index contributed by atoms with van der Waals surface area (Å²) in [5, 5.41) is 0. The van der Waals surface area contributed by atoms with Crippen molar-refractivity contribution in [1.82, 2.24) is 19.8 Å². The van der Waals surface area contributed by atoms with Crippen LogP contribution < -0.4 is 5.73 Å². The molecule has 2 aliphatic rings. The molecular weight excluding hydrogens is 424 g/mol. The van der Waals surface area contributed by atoms with Crippen LogP contribution in [0.2, 0.25) is 0 Å². The molecule has 1 amide bonds. The molecular formula is C25H25F2N5O. The molecule has 8 heteroatoms. The predicted molar refractivity (Wildman–Crippen MR) is 121 cm³/mol. The Kier molecular flexibility index (Phi) is 5.54. The zero-order valence-corrected chi connectivity index (χ0v) is 18.4. The van der Waals surface area contributed by atoms with E-state index in [-0.39, 0.29) is 18.1 Å². The van der Waals surface area contributed by atoms with E-state index >= 15 is 0 Å². The lowest BCUT2D eigenvalue weighted by Gasteiger charge is -2.33. The second-order valence-electron chi connectivity index (χ2n) is 8.85. The molecule has 0 spiro atoms. The van der Waals surface area contributed by atoms with Gasteiger partial charge in [-0.15, -0.1) is 0 Å². The number of fused-ring (bicyclic) bond motifs is 1. The third-order valence-electron chi connectivity index (χ3n) is 6.31. The zero-order chi connectivity index (χ0) is 23.1. The molecule has 33 heavy (non-hydrogen) atoms. The topological polar surface area (TPSA) is 75.4 Å². The fourth-order valence-corrected chi connectivity index (χ4v) is 4.43. The van der Waals surface area contributed by atoms with Gasteiger partial charge in [-0.2, -0.15) is 0 Å². The fourth-order valence-electron chi connectivity index (χ4n) is 4.43. The van der Waals surface area contributed by atoms with Gasteiger partial charge in [0.2, 0.25) is 5.91 Å². The number of aryl methyl sites for hydroxylation is 1.